The molecule has 0 amide bonds. The van der Waals surface area contributed by atoms with Crippen molar-refractivity contribution < 1.29 is 14.0 Å². The Morgan fingerprint density at radius 1 is 1.31 bits per heavy atom. The predicted molar refractivity (Wildman–Crippen MR) is 93.0 cm³/mol. The first-order chi connectivity index (χ1) is 12.8. The van der Waals surface area contributed by atoms with Crippen LogP contribution < -0.4 is 5.73 Å². The molecule has 9 nitrogen and oxygen atoms in total. The number of ether oxygens (including phenoxy) is 2. The van der Waals surface area contributed by atoms with Gasteiger partial charge in [-0.25, -0.2) is 9.97 Å². The SMILES string of the molecule is COCc1ncc(-c2noc(C3COCCN3C3CCCC3)n2)c(N)n1. The second-order valence-corrected chi connectivity index (χ2v) is 6.74. The lowest BCUT2D eigenvalue weighted by Gasteiger charge is -2.37. The minimum absolute atomic E-state index is 0.0111. The number of nitrogens with two attached hydrogens (primary N) is 1. The number of rotatable bonds is 5. The predicted octanol–water partition coefficient (Wildman–Crippen LogP) is 1.57. The molecule has 9 heteroatoms. The molecule has 1 unspecified atom stereocenters. The fraction of sp³-hybridized carbons (Fsp3) is 0.647. The highest BCUT2D eigenvalue weighted by molar-refractivity contribution is 5.66. The number of hydrogen-bond donors (Lipinski definition) is 1. The van der Waals surface area contributed by atoms with Gasteiger partial charge in [-0.15, -0.1) is 0 Å². The van der Waals surface area contributed by atoms with Gasteiger partial charge < -0.3 is 19.7 Å². The van der Waals surface area contributed by atoms with Crippen LogP contribution in [0, 0.1) is 0 Å². The van der Waals surface area contributed by atoms with E-state index in [9.17, 15) is 0 Å². The fourth-order valence-electron chi connectivity index (χ4n) is 3.79. The van der Waals surface area contributed by atoms with Crippen LogP contribution >= 0.6 is 0 Å². The summed E-state index contributed by atoms with van der Waals surface area (Å²) in [6.07, 6.45) is 6.62. The number of nitrogens with zero attached hydrogens (tertiary/aromatic N) is 5. The van der Waals surface area contributed by atoms with E-state index in [1.54, 1.807) is 13.3 Å². The average Bonchev–Trinajstić information content (AvgIpc) is 3.34. The van der Waals surface area contributed by atoms with Crippen LogP contribution in [0.5, 0.6) is 0 Å². The second kappa shape index (κ2) is 7.65. The van der Waals surface area contributed by atoms with Gasteiger partial charge in [-0.05, 0) is 12.8 Å². The number of nitrogen functional groups attached to an aromatic ring is 1. The molecule has 3 heterocycles. The van der Waals surface area contributed by atoms with E-state index in [2.05, 4.69) is 25.0 Å². The third kappa shape index (κ3) is 3.42. The van der Waals surface area contributed by atoms with Crippen LogP contribution in [0.15, 0.2) is 10.7 Å². The first-order valence-electron chi connectivity index (χ1n) is 9.04. The van der Waals surface area contributed by atoms with E-state index in [-0.39, 0.29) is 6.04 Å². The van der Waals surface area contributed by atoms with Crippen molar-refractivity contribution in [2.75, 3.05) is 32.6 Å². The van der Waals surface area contributed by atoms with Crippen molar-refractivity contribution in [1.29, 1.82) is 0 Å². The number of hydrogen-bond acceptors (Lipinski definition) is 9. The molecular formula is C17H24N6O3. The van der Waals surface area contributed by atoms with E-state index < -0.39 is 0 Å². The van der Waals surface area contributed by atoms with E-state index in [1.165, 1.54) is 25.7 Å². The van der Waals surface area contributed by atoms with Crippen molar-refractivity contribution in [2.45, 2.75) is 44.4 Å². The van der Waals surface area contributed by atoms with E-state index in [1.807, 2.05) is 0 Å². The Bertz CT molecular complexity index is 746. The quantitative estimate of drug-likeness (QED) is 0.849. The lowest BCUT2D eigenvalue weighted by atomic mass is 10.1. The molecule has 140 valence electrons. The van der Waals surface area contributed by atoms with Crippen LogP contribution in [0.3, 0.4) is 0 Å². The van der Waals surface area contributed by atoms with E-state index >= 15 is 0 Å². The van der Waals surface area contributed by atoms with Gasteiger partial charge in [0.25, 0.3) is 0 Å². The van der Waals surface area contributed by atoms with Gasteiger partial charge in [0.2, 0.25) is 11.7 Å². The maximum Gasteiger partial charge on any atom is 0.246 e. The molecule has 0 aromatic carbocycles. The molecule has 0 bridgehead atoms. The van der Waals surface area contributed by atoms with Crippen molar-refractivity contribution in [3.8, 4) is 11.4 Å². The van der Waals surface area contributed by atoms with Crippen molar-refractivity contribution in [1.82, 2.24) is 25.0 Å². The van der Waals surface area contributed by atoms with Gasteiger partial charge in [-0.3, -0.25) is 4.90 Å². The summed E-state index contributed by atoms with van der Waals surface area (Å²) in [4.78, 5) is 15.5. The molecule has 0 radical (unpaired) electrons. The maximum atomic E-state index is 6.03. The van der Waals surface area contributed by atoms with Gasteiger partial charge in [0, 0.05) is 25.9 Å². The highest BCUT2D eigenvalue weighted by Gasteiger charge is 2.35. The molecule has 0 spiro atoms. The van der Waals surface area contributed by atoms with Gasteiger partial charge >= 0.3 is 0 Å². The third-order valence-electron chi connectivity index (χ3n) is 5.07. The van der Waals surface area contributed by atoms with Gasteiger partial charge in [-0.1, -0.05) is 18.0 Å². The average molecular weight is 360 g/mol. The standard InChI is InChI=1S/C17H24N6O3/c1-24-10-14-19-8-12(15(18)20-14)16-21-17(26-22-16)13-9-25-7-6-23(13)11-4-2-3-5-11/h8,11,13H,2-7,9-10H2,1H3,(H2,18,19,20). The minimum atomic E-state index is -0.0111. The molecule has 4 rings (SSSR count). The van der Waals surface area contributed by atoms with Crippen LogP contribution in [0.2, 0.25) is 0 Å². The van der Waals surface area contributed by atoms with E-state index in [0.717, 1.165) is 13.2 Å². The Balaban J connectivity index is 1.57. The van der Waals surface area contributed by atoms with Crippen molar-refractivity contribution >= 4 is 5.82 Å². The first kappa shape index (κ1) is 17.3. The smallest absolute Gasteiger partial charge is 0.246 e. The van der Waals surface area contributed by atoms with Gasteiger partial charge in [0.15, 0.2) is 5.82 Å². The van der Waals surface area contributed by atoms with Crippen molar-refractivity contribution in [3.63, 3.8) is 0 Å². The normalized spacial score (nSPS) is 22.1. The summed E-state index contributed by atoms with van der Waals surface area (Å²) >= 11 is 0. The zero-order valence-corrected chi connectivity index (χ0v) is 14.9. The van der Waals surface area contributed by atoms with Crippen LogP contribution in [0.25, 0.3) is 11.4 Å². The van der Waals surface area contributed by atoms with Crippen molar-refractivity contribution in [2.24, 2.45) is 0 Å². The summed E-state index contributed by atoms with van der Waals surface area (Å²) in [6.45, 7) is 2.51. The van der Waals surface area contributed by atoms with E-state index in [0.29, 0.717) is 48.2 Å². The van der Waals surface area contributed by atoms with Crippen LogP contribution in [0.1, 0.15) is 43.4 Å². The molecule has 2 aliphatic rings. The molecule has 1 aliphatic carbocycles. The molecule has 2 N–H and O–H groups in total. The third-order valence-corrected chi connectivity index (χ3v) is 5.07. The monoisotopic (exact) mass is 360 g/mol. The second-order valence-electron chi connectivity index (χ2n) is 6.74. The Morgan fingerprint density at radius 3 is 2.92 bits per heavy atom. The summed E-state index contributed by atoms with van der Waals surface area (Å²) in [6, 6.07) is 0.559. The molecule has 1 saturated heterocycles. The largest absolute Gasteiger partial charge is 0.383 e. The number of anilines is 1. The molecule has 1 saturated carbocycles. The minimum Gasteiger partial charge on any atom is -0.383 e. The highest BCUT2D eigenvalue weighted by atomic mass is 16.5. The van der Waals surface area contributed by atoms with Crippen molar-refractivity contribution in [3.05, 3.63) is 17.9 Å². The topological polar surface area (TPSA) is 112 Å². The zero-order chi connectivity index (χ0) is 17.9. The van der Waals surface area contributed by atoms with Crippen LogP contribution in [0.4, 0.5) is 5.82 Å². The molecule has 1 aliphatic heterocycles. The molecule has 2 aromatic heterocycles. The van der Waals surface area contributed by atoms with Gasteiger partial charge in [-0.2, -0.15) is 4.98 Å². The Hall–Kier alpha value is -2.10. The van der Waals surface area contributed by atoms with Gasteiger partial charge in [0.1, 0.15) is 18.5 Å². The van der Waals surface area contributed by atoms with Crippen LogP contribution in [-0.2, 0) is 16.1 Å². The summed E-state index contributed by atoms with van der Waals surface area (Å²) in [5, 5.41) is 4.10. The lowest BCUT2D eigenvalue weighted by Crippen LogP contribution is -2.44. The highest BCUT2D eigenvalue weighted by Crippen LogP contribution is 2.33. The van der Waals surface area contributed by atoms with E-state index in [4.69, 9.17) is 19.7 Å². The summed E-state index contributed by atoms with van der Waals surface area (Å²) in [7, 11) is 1.58. The fourth-order valence-corrected chi connectivity index (χ4v) is 3.79. The number of morpholine rings is 1. The summed E-state index contributed by atoms with van der Waals surface area (Å²) in [5.41, 5.74) is 6.59. The zero-order valence-electron chi connectivity index (χ0n) is 14.9. The number of aromatic nitrogens is 4. The summed E-state index contributed by atoms with van der Waals surface area (Å²) < 4.78 is 16.3. The van der Waals surface area contributed by atoms with Gasteiger partial charge in [0.05, 0.1) is 18.8 Å². The first-order valence-corrected chi connectivity index (χ1v) is 9.04. The Kier molecular flexibility index (Phi) is 5.09. The molecule has 26 heavy (non-hydrogen) atoms. The maximum absolute atomic E-state index is 6.03. The Labute approximate surface area is 151 Å². The lowest BCUT2D eigenvalue weighted by molar-refractivity contribution is -0.0397. The molecule has 2 fully saturated rings. The molecule has 1 atom stereocenters. The molecular weight excluding hydrogens is 336 g/mol. The van der Waals surface area contributed by atoms with Crippen LogP contribution in [-0.4, -0.2) is 57.9 Å². The Morgan fingerprint density at radius 2 is 2.15 bits per heavy atom. The summed E-state index contributed by atoms with van der Waals surface area (Å²) in [5.74, 6) is 1.79. The number of methoxy groups -OCH3 is 1. The molecule has 2 aromatic rings.